The Kier molecular flexibility index (Phi) is 7.29. The van der Waals surface area contributed by atoms with Crippen LogP contribution in [-0.2, 0) is 24.2 Å². The van der Waals surface area contributed by atoms with Crippen molar-refractivity contribution in [3.8, 4) is 11.5 Å². The van der Waals surface area contributed by atoms with Crippen molar-refractivity contribution in [1.82, 2.24) is 9.88 Å². The van der Waals surface area contributed by atoms with Gasteiger partial charge in [0.2, 0.25) is 0 Å². The molecule has 0 radical (unpaired) electrons. The van der Waals surface area contributed by atoms with E-state index in [0.29, 0.717) is 18.9 Å². The summed E-state index contributed by atoms with van der Waals surface area (Å²) >= 11 is 0. The zero-order chi connectivity index (χ0) is 25.0. The lowest BCUT2D eigenvalue weighted by molar-refractivity contribution is 0.0141. The minimum absolute atomic E-state index is 0.108. The lowest BCUT2D eigenvalue weighted by atomic mass is 9.88. The third-order valence-electron chi connectivity index (χ3n) is 6.04. The number of hydrogen-bond acceptors (Lipinski definition) is 5. The van der Waals surface area contributed by atoms with E-state index in [0.717, 1.165) is 35.5 Å². The van der Waals surface area contributed by atoms with Gasteiger partial charge in [-0.3, -0.25) is 4.98 Å². The molecule has 184 valence electrons. The van der Waals surface area contributed by atoms with Gasteiger partial charge in [-0.1, -0.05) is 36.4 Å². The van der Waals surface area contributed by atoms with E-state index in [9.17, 15) is 4.79 Å². The number of rotatable bonds is 6. The molecule has 0 saturated heterocycles. The molecule has 1 aliphatic rings. The maximum atomic E-state index is 13.1. The first kappa shape index (κ1) is 24.6. The van der Waals surface area contributed by atoms with E-state index in [1.807, 2.05) is 69.0 Å². The van der Waals surface area contributed by atoms with Gasteiger partial charge in [0.25, 0.3) is 0 Å². The molecule has 6 heteroatoms. The molecule has 4 rings (SSSR count). The molecular weight excluding hydrogens is 440 g/mol. The summed E-state index contributed by atoms with van der Waals surface area (Å²) in [5.41, 5.74) is 4.63. The molecule has 0 bridgehead atoms. The number of hydrogen-bond donors (Lipinski definition) is 0. The third-order valence-corrected chi connectivity index (χ3v) is 6.04. The van der Waals surface area contributed by atoms with Crippen molar-refractivity contribution in [2.24, 2.45) is 0 Å². The molecule has 1 aromatic heterocycles. The topological polar surface area (TPSA) is 60.9 Å². The standard InChI is InChI=1S/C29H34N2O4/c1-20-11-14-27(33-5)25(30-20)19-34-23-12-13-24-22(18-23)15-16-31(28(32)35-29(2,3)4)26(24)17-21-9-7-6-8-10-21/h6-14,18,26H,15-17,19H2,1-5H3. The Balaban J connectivity index is 1.58. The van der Waals surface area contributed by atoms with E-state index in [1.165, 1.54) is 11.1 Å². The summed E-state index contributed by atoms with van der Waals surface area (Å²) in [6, 6.07) is 20.1. The van der Waals surface area contributed by atoms with Gasteiger partial charge >= 0.3 is 6.09 Å². The summed E-state index contributed by atoms with van der Waals surface area (Å²) in [7, 11) is 1.64. The summed E-state index contributed by atoms with van der Waals surface area (Å²) in [4.78, 5) is 19.5. The van der Waals surface area contributed by atoms with Crippen LogP contribution in [-0.4, -0.2) is 35.2 Å². The molecule has 2 aromatic carbocycles. The van der Waals surface area contributed by atoms with Crippen LogP contribution in [0.4, 0.5) is 4.79 Å². The van der Waals surface area contributed by atoms with Gasteiger partial charge in [-0.05, 0) is 81.5 Å². The van der Waals surface area contributed by atoms with Crippen LogP contribution >= 0.6 is 0 Å². The Morgan fingerprint density at radius 2 is 1.86 bits per heavy atom. The van der Waals surface area contributed by atoms with Crippen LogP contribution < -0.4 is 9.47 Å². The minimum atomic E-state index is -0.544. The van der Waals surface area contributed by atoms with Crippen LogP contribution in [0.15, 0.2) is 60.7 Å². The molecule has 0 aliphatic carbocycles. The number of carbonyl (C=O) groups is 1. The van der Waals surface area contributed by atoms with Crippen molar-refractivity contribution in [2.75, 3.05) is 13.7 Å². The Morgan fingerprint density at radius 1 is 1.09 bits per heavy atom. The number of fused-ring (bicyclic) bond motifs is 1. The maximum absolute atomic E-state index is 13.1. The monoisotopic (exact) mass is 474 g/mol. The largest absolute Gasteiger partial charge is 0.495 e. The Morgan fingerprint density at radius 3 is 2.57 bits per heavy atom. The molecule has 2 heterocycles. The van der Waals surface area contributed by atoms with Gasteiger partial charge in [-0.15, -0.1) is 0 Å². The van der Waals surface area contributed by atoms with Crippen LogP contribution in [0.1, 0.15) is 54.9 Å². The molecule has 1 atom stereocenters. The van der Waals surface area contributed by atoms with Gasteiger partial charge in [0, 0.05) is 12.2 Å². The second kappa shape index (κ2) is 10.4. The van der Waals surface area contributed by atoms with Crippen molar-refractivity contribution < 1.29 is 19.0 Å². The number of pyridine rings is 1. The maximum Gasteiger partial charge on any atom is 0.410 e. The van der Waals surface area contributed by atoms with Gasteiger partial charge in [0.05, 0.1) is 13.2 Å². The molecule has 0 spiro atoms. The number of aryl methyl sites for hydroxylation is 1. The van der Waals surface area contributed by atoms with Crippen LogP contribution in [0, 0.1) is 6.92 Å². The zero-order valence-corrected chi connectivity index (χ0v) is 21.2. The van der Waals surface area contributed by atoms with Crippen molar-refractivity contribution in [3.05, 3.63) is 88.7 Å². The first-order chi connectivity index (χ1) is 16.7. The van der Waals surface area contributed by atoms with Gasteiger partial charge in [0.1, 0.15) is 29.4 Å². The average Bonchev–Trinajstić information content (AvgIpc) is 2.82. The normalized spacial score (nSPS) is 15.3. The second-order valence-electron chi connectivity index (χ2n) is 9.88. The quantitative estimate of drug-likeness (QED) is 0.435. The summed E-state index contributed by atoms with van der Waals surface area (Å²) in [6.07, 6.45) is 1.18. The molecule has 3 aromatic rings. The molecule has 0 saturated carbocycles. The summed E-state index contributed by atoms with van der Waals surface area (Å²) in [5.74, 6) is 1.49. The predicted octanol–water partition coefficient (Wildman–Crippen LogP) is 6.05. The van der Waals surface area contributed by atoms with Gasteiger partial charge in [0.15, 0.2) is 0 Å². The van der Waals surface area contributed by atoms with Crippen LogP contribution in [0.25, 0.3) is 0 Å². The van der Waals surface area contributed by atoms with E-state index in [-0.39, 0.29) is 12.1 Å². The van der Waals surface area contributed by atoms with Gasteiger partial charge in [-0.25, -0.2) is 4.79 Å². The van der Waals surface area contributed by atoms with E-state index in [1.54, 1.807) is 7.11 Å². The molecule has 0 N–H and O–H groups in total. The number of benzene rings is 2. The molecule has 0 fully saturated rings. The first-order valence-electron chi connectivity index (χ1n) is 12.0. The number of methoxy groups -OCH3 is 1. The third kappa shape index (κ3) is 6.13. The lowest BCUT2D eigenvalue weighted by Gasteiger charge is -2.38. The highest BCUT2D eigenvalue weighted by Gasteiger charge is 2.34. The SMILES string of the molecule is COc1ccc(C)nc1COc1ccc2c(c1)CCN(C(=O)OC(C)(C)C)C2Cc1ccccc1. The number of carbonyl (C=O) groups excluding carboxylic acids is 1. The summed E-state index contributed by atoms with van der Waals surface area (Å²) < 4.78 is 17.3. The first-order valence-corrected chi connectivity index (χ1v) is 12.0. The lowest BCUT2D eigenvalue weighted by Crippen LogP contribution is -2.43. The second-order valence-corrected chi connectivity index (χ2v) is 9.88. The van der Waals surface area contributed by atoms with Crippen molar-refractivity contribution >= 4 is 6.09 Å². The fourth-order valence-corrected chi connectivity index (χ4v) is 4.41. The number of aromatic nitrogens is 1. The fourth-order valence-electron chi connectivity index (χ4n) is 4.41. The predicted molar refractivity (Wildman–Crippen MR) is 136 cm³/mol. The Hall–Kier alpha value is -3.54. The van der Waals surface area contributed by atoms with Gasteiger partial charge < -0.3 is 19.1 Å². The van der Waals surface area contributed by atoms with Crippen molar-refractivity contribution in [1.29, 1.82) is 0 Å². The van der Waals surface area contributed by atoms with Crippen molar-refractivity contribution in [2.45, 2.75) is 58.8 Å². The summed E-state index contributed by atoms with van der Waals surface area (Å²) in [5, 5.41) is 0. The molecule has 6 nitrogen and oxygen atoms in total. The molecule has 1 aliphatic heterocycles. The van der Waals surface area contributed by atoms with E-state index < -0.39 is 5.60 Å². The summed E-state index contributed by atoms with van der Waals surface area (Å²) in [6.45, 7) is 8.56. The van der Waals surface area contributed by atoms with Crippen LogP contribution in [0.3, 0.4) is 0 Å². The smallest absolute Gasteiger partial charge is 0.410 e. The molecule has 35 heavy (non-hydrogen) atoms. The van der Waals surface area contributed by atoms with E-state index >= 15 is 0 Å². The Bertz CT molecular complexity index is 1170. The highest BCUT2D eigenvalue weighted by Crippen LogP contribution is 2.36. The Labute approximate surface area is 207 Å². The highest BCUT2D eigenvalue weighted by atomic mass is 16.6. The van der Waals surface area contributed by atoms with Crippen molar-refractivity contribution in [3.63, 3.8) is 0 Å². The zero-order valence-electron chi connectivity index (χ0n) is 21.2. The average molecular weight is 475 g/mol. The molecule has 1 amide bonds. The minimum Gasteiger partial charge on any atom is -0.495 e. The van der Waals surface area contributed by atoms with Crippen LogP contribution in [0.2, 0.25) is 0 Å². The number of ether oxygens (including phenoxy) is 3. The fraction of sp³-hybridized carbons (Fsp3) is 0.379. The van der Waals surface area contributed by atoms with Gasteiger partial charge in [-0.2, -0.15) is 0 Å². The number of nitrogens with zero attached hydrogens (tertiary/aromatic N) is 2. The number of amides is 1. The van der Waals surface area contributed by atoms with Crippen LogP contribution in [0.5, 0.6) is 11.5 Å². The molecular formula is C29H34N2O4. The highest BCUT2D eigenvalue weighted by molar-refractivity contribution is 5.69. The van der Waals surface area contributed by atoms with E-state index in [4.69, 9.17) is 14.2 Å². The van der Waals surface area contributed by atoms with E-state index in [2.05, 4.69) is 29.2 Å². The molecule has 1 unspecified atom stereocenters.